The lowest BCUT2D eigenvalue weighted by atomic mass is 10.1. The Balaban J connectivity index is 2.05. The van der Waals surface area contributed by atoms with Crippen LogP contribution in [0.25, 0.3) is 0 Å². The van der Waals surface area contributed by atoms with Gasteiger partial charge in [0.1, 0.15) is 17.4 Å². The minimum absolute atomic E-state index is 0.209. The van der Waals surface area contributed by atoms with Crippen molar-refractivity contribution >= 4 is 17.2 Å². The molecule has 5 heteroatoms. The van der Waals surface area contributed by atoms with E-state index >= 15 is 0 Å². The number of hydrogen-bond donors (Lipinski definition) is 0. The lowest BCUT2D eigenvalue weighted by molar-refractivity contribution is -0.134. The molecule has 2 rings (SSSR count). The smallest absolute Gasteiger partial charge is 0.223 e. The second-order valence-electron chi connectivity index (χ2n) is 8.10. The topological polar surface area (TPSA) is 42.4 Å². The van der Waals surface area contributed by atoms with Crippen molar-refractivity contribution in [1.29, 1.82) is 0 Å². The first-order chi connectivity index (χ1) is 13.2. The number of amides is 1. The van der Waals surface area contributed by atoms with E-state index in [1.165, 1.54) is 16.7 Å². The number of hydrogen-bond acceptors (Lipinski definition) is 4. The van der Waals surface area contributed by atoms with Crippen molar-refractivity contribution in [3.8, 4) is 5.75 Å². The fourth-order valence-electron chi connectivity index (χ4n) is 3.13. The van der Waals surface area contributed by atoms with Gasteiger partial charge in [-0.15, -0.1) is 11.3 Å². The monoisotopic (exact) mass is 402 g/mol. The summed E-state index contributed by atoms with van der Waals surface area (Å²) in [6, 6.07) is 4.46. The van der Waals surface area contributed by atoms with Gasteiger partial charge in [-0.3, -0.25) is 4.79 Å². The molecule has 1 aromatic carbocycles. The highest BCUT2D eigenvalue weighted by Gasteiger charge is 2.21. The Labute approximate surface area is 173 Å². The molecular weight excluding hydrogens is 368 g/mol. The first-order valence-corrected chi connectivity index (χ1v) is 11.0. The van der Waals surface area contributed by atoms with Crippen LogP contribution in [-0.4, -0.2) is 21.8 Å². The van der Waals surface area contributed by atoms with Gasteiger partial charge in [-0.1, -0.05) is 26.8 Å². The molecule has 2 aromatic rings. The van der Waals surface area contributed by atoms with Crippen molar-refractivity contribution in [2.45, 2.75) is 80.5 Å². The lowest BCUT2D eigenvalue weighted by Crippen LogP contribution is -2.38. The number of ether oxygens (including phenoxy) is 1. The van der Waals surface area contributed by atoms with Crippen LogP contribution in [0.1, 0.15) is 67.9 Å². The third-order valence-electron chi connectivity index (χ3n) is 5.07. The van der Waals surface area contributed by atoms with Gasteiger partial charge in [0.05, 0.1) is 12.2 Å². The highest BCUT2D eigenvalue weighted by atomic mass is 32.1. The lowest BCUT2D eigenvalue weighted by Gasteiger charge is -2.28. The summed E-state index contributed by atoms with van der Waals surface area (Å²) < 4.78 is 6.04. The summed E-state index contributed by atoms with van der Waals surface area (Å²) in [6.45, 7) is 15.7. The zero-order chi connectivity index (χ0) is 20.8. The van der Waals surface area contributed by atoms with Crippen LogP contribution in [0, 0.1) is 26.7 Å². The van der Waals surface area contributed by atoms with E-state index < -0.39 is 0 Å². The van der Waals surface area contributed by atoms with E-state index in [0.717, 1.165) is 22.9 Å². The molecule has 0 spiro atoms. The van der Waals surface area contributed by atoms with Crippen molar-refractivity contribution in [2.24, 2.45) is 5.92 Å². The zero-order valence-electron chi connectivity index (χ0n) is 18.3. The number of benzene rings is 1. The van der Waals surface area contributed by atoms with Crippen LogP contribution in [0.4, 0.5) is 0 Å². The minimum Gasteiger partial charge on any atom is -0.486 e. The molecule has 0 radical (unpaired) electrons. The average Bonchev–Trinajstić information content (AvgIpc) is 3.07. The number of thiazole rings is 1. The van der Waals surface area contributed by atoms with E-state index in [1.54, 1.807) is 11.3 Å². The zero-order valence-corrected chi connectivity index (χ0v) is 19.2. The Hall–Kier alpha value is -1.88. The number of nitrogens with zero attached hydrogens (tertiary/aromatic N) is 2. The van der Waals surface area contributed by atoms with Crippen LogP contribution in [0.3, 0.4) is 0 Å². The molecule has 0 bridgehead atoms. The van der Waals surface area contributed by atoms with Crippen LogP contribution in [0.15, 0.2) is 17.5 Å². The van der Waals surface area contributed by atoms with Crippen LogP contribution in [-0.2, 0) is 17.9 Å². The van der Waals surface area contributed by atoms with Crippen LogP contribution in [0.2, 0.25) is 0 Å². The molecule has 0 aliphatic carbocycles. The standard InChI is InChI=1S/C23H34N2O2S/c1-8-18(6)25(23(26)9-15(2)3)12-20-14-28-22(24-20)13-27-21-11-16(4)10-17(5)19(21)7/h10-11,14-15,18H,8-9,12-13H2,1-7H3/t18-/m0/s1. The van der Waals surface area contributed by atoms with Gasteiger partial charge in [-0.05, 0) is 62.8 Å². The van der Waals surface area contributed by atoms with Gasteiger partial charge in [0.15, 0.2) is 0 Å². The summed E-state index contributed by atoms with van der Waals surface area (Å²) in [5.74, 6) is 1.49. The van der Waals surface area contributed by atoms with Gasteiger partial charge < -0.3 is 9.64 Å². The molecule has 0 aliphatic rings. The van der Waals surface area contributed by atoms with Gasteiger partial charge in [-0.25, -0.2) is 4.98 Å². The molecule has 0 saturated heterocycles. The Morgan fingerprint density at radius 1 is 1.21 bits per heavy atom. The maximum absolute atomic E-state index is 12.7. The summed E-state index contributed by atoms with van der Waals surface area (Å²) in [4.78, 5) is 19.3. The Bertz CT molecular complexity index is 798. The highest BCUT2D eigenvalue weighted by Crippen LogP contribution is 2.25. The number of aromatic nitrogens is 1. The summed E-state index contributed by atoms with van der Waals surface area (Å²) >= 11 is 1.60. The average molecular weight is 403 g/mol. The van der Waals surface area contributed by atoms with E-state index in [9.17, 15) is 4.79 Å². The van der Waals surface area contributed by atoms with Gasteiger partial charge in [0.2, 0.25) is 5.91 Å². The van der Waals surface area contributed by atoms with E-state index in [2.05, 4.69) is 60.6 Å². The first-order valence-electron chi connectivity index (χ1n) is 10.1. The van der Waals surface area contributed by atoms with Crippen LogP contribution in [0.5, 0.6) is 5.75 Å². The maximum Gasteiger partial charge on any atom is 0.223 e. The summed E-state index contributed by atoms with van der Waals surface area (Å²) in [7, 11) is 0. The van der Waals surface area contributed by atoms with Crippen molar-refractivity contribution < 1.29 is 9.53 Å². The molecule has 0 unspecified atom stereocenters. The maximum atomic E-state index is 12.7. The van der Waals surface area contributed by atoms with Gasteiger partial charge in [-0.2, -0.15) is 0 Å². The van der Waals surface area contributed by atoms with Crippen molar-refractivity contribution in [3.63, 3.8) is 0 Å². The van der Waals surface area contributed by atoms with E-state index in [0.29, 0.717) is 25.5 Å². The van der Waals surface area contributed by atoms with Gasteiger partial charge in [0.25, 0.3) is 0 Å². The molecule has 1 amide bonds. The molecule has 1 atom stereocenters. The fraction of sp³-hybridized carbons (Fsp3) is 0.565. The minimum atomic E-state index is 0.209. The van der Waals surface area contributed by atoms with Crippen LogP contribution < -0.4 is 4.74 Å². The number of carbonyl (C=O) groups is 1. The molecule has 1 heterocycles. The fourth-order valence-corrected chi connectivity index (χ4v) is 3.83. The molecular formula is C23H34N2O2S. The number of aryl methyl sites for hydroxylation is 2. The molecule has 0 N–H and O–H groups in total. The van der Waals surface area contributed by atoms with E-state index in [4.69, 9.17) is 9.72 Å². The van der Waals surface area contributed by atoms with Crippen LogP contribution >= 0.6 is 11.3 Å². The second-order valence-corrected chi connectivity index (χ2v) is 9.05. The van der Waals surface area contributed by atoms with Gasteiger partial charge >= 0.3 is 0 Å². The molecule has 0 saturated carbocycles. The highest BCUT2D eigenvalue weighted by molar-refractivity contribution is 7.09. The van der Waals surface area contributed by atoms with Crippen molar-refractivity contribution in [2.75, 3.05) is 0 Å². The Morgan fingerprint density at radius 3 is 2.57 bits per heavy atom. The Kier molecular flexibility index (Phi) is 8.05. The van der Waals surface area contributed by atoms with Crippen molar-refractivity contribution in [1.82, 2.24) is 9.88 Å². The van der Waals surface area contributed by atoms with E-state index in [1.807, 2.05) is 10.3 Å². The summed E-state index contributed by atoms with van der Waals surface area (Å²) in [6.07, 6.45) is 1.52. The SMILES string of the molecule is CC[C@H](C)N(Cc1csc(COc2cc(C)cc(C)c2C)n1)C(=O)CC(C)C. The second kappa shape index (κ2) is 10.1. The predicted molar refractivity (Wildman–Crippen MR) is 117 cm³/mol. The molecule has 1 aromatic heterocycles. The Morgan fingerprint density at radius 2 is 1.93 bits per heavy atom. The van der Waals surface area contributed by atoms with Gasteiger partial charge in [0, 0.05) is 17.8 Å². The predicted octanol–water partition coefficient (Wildman–Crippen LogP) is 5.82. The largest absolute Gasteiger partial charge is 0.486 e. The molecule has 4 nitrogen and oxygen atoms in total. The summed E-state index contributed by atoms with van der Waals surface area (Å²) in [5.41, 5.74) is 4.55. The number of rotatable bonds is 9. The molecule has 0 aliphatic heterocycles. The first kappa shape index (κ1) is 22.4. The molecule has 154 valence electrons. The number of carbonyl (C=O) groups excluding carboxylic acids is 1. The van der Waals surface area contributed by atoms with E-state index in [-0.39, 0.29) is 11.9 Å². The summed E-state index contributed by atoms with van der Waals surface area (Å²) in [5, 5.41) is 2.99. The molecule has 28 heavy (non-hydrogen) atoms. The van der Waals surface area contributed by atoms with Crippen molar-refractivity contribution in [3.05, 3.63) is 44.9 Å². The quantitative estimate of drug-likeness (QED) is 0.531. The third kappa shape index (κ3) is 6.06. The molecule has 0 fully saturated rings. The normalized spacial score (nSPS) is 12.3. The third-order valence-corrected chi connectivity index (χ3v) is 5.94.